The summed E-state index contributed by atoms with van der Waals surface area (Å²) in [6.45, 7) is 1.59. The summed E-state index contributed by atoms with van der Waals surface area (Å²) in [7, 11) is 0. The number of benzene rings is 1. The van der Waals surface area contributed by atoms with Gasteiger partial charge in [0.15, 0.2) is 0 Å². The highest BCUT2D eigenvalue weighted by molar-refractivity contribution is 5.93. The van der Waals surface area contributed by atoms with Crippen molar-refractivity contribution in [3.63, 3.8) is 0 Å². The quantitative estimate of drug-likeness (QED) is 0.739. The maximum atomic E-state index is 12.7. The molecule has 0 saturated carbocycles. The molecule has 0 bridgehead atoms. The van der Waals surface area contributed by atoms with E-state index in [4.69, 9.17) is 0 Å². The van der Waals surface area contributed by atoms with E-state index in [1.807, 2.05) is 17.2 Å². The van der Waals surface area contributed by atoms with Gasteiger partial charge >= 0.3 is 0 Å². The van der Waals surface area contributed by atoms with Crippen LogP contribution in [0.15, 0.2) is 55.0 Å². The molecule has 1 aliphatic rings. The molecule has 1 aromatic carbocycles. The minimum atomic E-state index is 0.0515. The summed E-state index contributed by atoms with van der Waals surface area (Å²) in [6.07, 6.45) is 8.08. The molecular weight excluding hydrogens is 312 g/mol. The molecule has 4 rings (SSSR count). The maximum Gasteiger partial charge on any atom is 0.255 e. The van der Waals surface area contributed by atoms with E-state index in [9.17, 15) is 4.79 Å². The highest BCUT2D eigenvalue weighted by atomic mass is 16.2. The molecule has 1 unspecified atom stereocenters. The number of aromatic nitrogens is 3. The Balaban J connectivity index is 1.51. The molecule has 1 aliphatic heterocycles. The number of piperidine rings is 1. The van der Waals surface area contributed by atoms with Gasteiger partial charge in [0, 0.05) is 24.7 Å². The van der Waals surface area contributed by atoms with E-state index in [0.717, 1.165) is 37.9 Å². The van der Waals surface area contributed by atoms with Crippen molar-refractivity contribution < 1.29 is 4.79 Å². The summed E-state index contributed by atoms with van der Waals surface area (Å²) in [5, 5.41) is 8.73. The first-order chi connectivity index (χ1) is 12.3. The second-order valence-electron chi connectivity index (χ2n) is 6.59. The number of hydrogen-bond acceptors (Lipinski definition) is 4. The third-order valence-electron chi connectivity index (χ3n) is 4.86. The van der Waals surface area contributed by atoms with E-state index in [1.54, 1.807) is 18.5 Å². The van der Waals surface area contributed by atoms with Crippen LogP contribution in [-0.4, -0.2) is 39.1 Å². The number of hydrogen-bond donors (Lipinski definition) is 0. The van der Waals surface area contributed by atoms with Crippen LogP contribution in [0.1, 0.15) is 28.8 Å². The summed E-state index contributed by atoms with van der Waals surface area (Å²) < 4.78 is 0. The first-order valence-corrected chi connectivity index (χ1v) is 8.70. The maximum absolute atomic E-state index is 12.7. The number of likely N-dealkylation sites (tertiary alicyclic amines) is 1. The second kappa shape index (κ2) is 6.97. The number of para-hydroxylation sites is 1. The summed E-state index contributed by atoms with van der Waals surface area (Å²) in [5.41, 5.74) is 2.96. The monoisotopic (exact) mass is 332 g/mol. The molecule has 1 amide bonds. The number of amides is 1. The SMILES string of the molecule is O=C(c1ccnnc1)N1CCCC(Cc2cccc3cccnc23)C1. The van der Waals surface area contributed by atoms with Crippen LogP contribution >= 0.6 is 0 Å². The summed E-state index contributed by atoms with van der Waals surface area (Å²) >= 11 is 0. The number of carbonyl (C=O) groups is 1. The van der Waals surface area contributed by atoms with Crippen molar-refractivity contribution in [2.45, 2.75) is 19.3 Å². The van der Waals surface area contributed by atoms with Crippen LogP contribution in [0.4, 0.5) is 0 Å². The Morgan fingerprint density at radius 2 is 2.04 bits per heavy atom. The van der Waals surface area contributed by atoms with Gasteiger partial charge in [-0.15, -0.1) is 0 Å². The van der Waals surface area contributed by atoms with Crippen molar-refractivity contribution in [1.82, 2.24) is 20.1 Å². The Morgan fingerprint density at radius 3 is 2.92 bits per heavy atom. The first-order valence-electron chi connectivity index (χ1n) is 8.70. The smallest absolute Gasteiger partial charge is 0.255 e. The Bertz CT molecular complexity index is 876. The Hall–Kier alpha value is -2.82. The molecule has 126 valence electrons. The average molecular weight is 332 g/mol. The van der Waals surface area contributed by atoms with Gasteiger partial charge < -0.3 is 4.90 Å². The van der Waals surface area contributed by atoms with Crippen molar-refractivity contribution in [2.75, 3.05) is 13.1 Å². The summed E-state index contributed by atoms with van der Waals surface area (Å²) in [5.74, 6) is 0.510. The van der Waals surface area contributed by atoms with Crippen molar-refractivity contribution in [2.24, 2.45) is 5.92 Å². The molecule has 1 atom stereocenters. The summed E-state index contributed by atoms with van der Waals surface area (Å²) in [6, 6.07) is 12.1. The summed E-state index contributed by atoms with van der Waals surface area (Å²) in [4.78, 5) is 19.2. The number of fused-ring (bicyclic) bond motifs is 1. The zero-order valence-electron chi connectivity index (χ0n) is 14.0. The Labute approximate surface area is 146 Å². The molecule has 0 aliphatic carbocycles. The number of nitrogens with zero attached hydrogens (tertiary/aromatic N) is 4. The van der Waals surface area contributed by atoms with Crippen molar-refractivity contribution in [3.05, 3.63) is 66.1 Å². The van der Waals surface area contributed by atoms with Gasteiger partial charge in [0.05, 0.1) is 23.5 Å². The van der Waals surface area contributed by atoms with E-state index in [-0.39, 0.29) is 5.91 Å². The number of carbonyl (C=O) groups excluding carboxylic acids is 1. The van der Waals surface area contributed by atoms with E-state index in [0.29, 0.717) is 11.5 Å². The van der Waals surface area contributed by atoms with Gasteiger partial charge in [0.1, 0.15) is 0 Å². The topological polar surface area (TPSA) is 59.0 Å². The normalized spacial score (nSPS) is 17.6. The lowest BCUT2D eigenvalue weighted by atomic mass is 9.90. The fourth-order valence-corrected chi connectivity index (χ4v) is 3.66. The molecule has 1 saturated heterocycles. The van der Waals surface area contributed by atoms with Crippen LogP contribution in [0.3, 0.4) is 0 Å². The lowest BCUT2D eigenvalue weighted by Gasteiger charge is -2.33. The van der Waals surface area contributed by atoms with Crippen molar-refractivity contribution in [3.8, 4) is 0 Å². The largest absolute Gasteiger partial charge is 0.338 e. The van der Waals surface area contributed by atoms with Gasteiger partial charge in [0.25, 0.3) is 5.91 Å². The van der Waals surface area contributed by atoms with E-state index >= 15 is 0 Å². The molecule has 25 heavy (non-hydrogen) atoms. The van der Waals surface area contributed by atoms with Gasteiger partial charge in [-0.2, -0.15) is 10.2 Å². The molecule has 0 spiro atoms. The molecule has 0 N–H and O–H groups in total. The number of pyridine rings is 1. The first kappa shape index (κ1) is 15.7. The third-order valence-corrected chi connectivity index (χ3v) is 4.86. The highest BCUT2D eigenvalue weighted by Gasteiger charge is 2.25. The lowest BCUT2D eigenvalue weighted by Crippen LogP contribution is -2.40. The van der Waals surface area contributed by atoms with Gasteiger partial charge in [-0.05, 0) is 42.9 Å². The molecule has 3 heterocycles. The zero-order chi connectivity index (χ0) is 17.1. The molecule has 5 nitrogen and oxygen atoms in total. The predicted octanol–water partition coefficient (Wildman–Crippen LogP) is 3.12. The number of rotatable bonds is 3. The fraction of sp³-hybridized carbons (Fsp3) is 0.300. The molecular formula is C20H20N4O. The molecule has 1 fully saturated rings. The van der Waals surface area contributed by atoms with Crippen LogP contribution in [0.2, 0.25) is 0 Å². The second-order valence-corrected chi connectivity index (χ2v) is 6.59. The van der Waals surface area contributed by atoms with Gasteiger partial charge in [-0.3, -0.25) is 9.78 Å². The van der Waals surface area contributed by atoms with Gasteiger partial charge in [-0.1, -0.05) is 24.3 Å². The molecule has 5 heteroatoms. The average Bonchev–Trinajstić information content (AvgIpc) is 2.69. The van der Waals surface area contributed by atoms with Crippen LogP contribution in [0.5, 0.6) is 0 Å². The van der Waals surface area contributed by atoms with Gasteiger partial charge in [-0.25, -0.2) is 0 Å². The van der Waals surface area contributed by atoms with Crippen LogP contribution in [0, 0.1) is 5.92 Å². The molecule has 2 aromatic heterocycles. The van der Waals surface area contributed by atoms with Crippen molar-refractivity contribution in [1.29, 1.82) is 0 Å². The minimum Gasteiger partial charge on any atom is -0.338 e. The van der Waals surface area contributed by atoms with Crippen LogP contribution < -0.4 is 0 Å². The molecule has 0 radical (unpaired) electrons. The van der Waals surface area contributed by atoms with E-state index in [2.05, 4.69) is 39.4 Å². The lowest BCUT2D eigenvalue weighted by molar-refractivity contribution is 0.0673. The van der Waals surface area contributed by atoms with Gasteiger partial charge in [0.2, 0.25) is 0 Å². The minimum absolute atomic E-state index is 0.0515. The van der Waals surface area contributed by atoms with E-state index in [1.165, 1.54) is 10.9 Å². The predicted molar refractivity (Wildman–Crippen MR) is 96.1 cm³/mol. The van der Waals surface area contributed by atoms with Crippen LogP contribution in [0.25, 0.3) is 10.9 Å². The van der Waals surface area contributed by atoms with Crippen LogP contribution in [-0.2, 0) is 6.42 Å². The Morgan fingerprint density at radius 1 is 1.12 bits per heavy atom. The Kier molecular flexibility index (Phi) is 4.37. The van der Waals surface area contributed by atoms with E-state index < -0.39 is 0 Å². The molecule has 3 aromatic rings. The fourth-order valence-electron chi connectivity index (χ4n) is 3.66. The third kappa shape index (κ3) is 3.36. The zero-order valence-corrected chi connectivity index (χ0v) is 14.0. The highest BCUT2D eigenvalue weighted by Crippen LogP contribution is 2.25. The van der Waals surface area contributed by atoms with Crippen molar-refractivity contribution >= 4 is 16.8 Å². The standard InChI is InChI=1S/C20H20N4O/c25-20(18-8-10-22-23-13-18)24-11-3-4-15(14-24)12-17-6-1-5-16-7-2-9-21-19(16)17/h1-2,5-10,13,15H,3-4,11-12,14H2.